The lowest BCUT2D eigenvalue weighted by Gasteiger charge is -2.37. The Morgan fingerprint density at radius 1 is 0.538 bits per heavy atom. The van der Waals surface area contributed by atoms with Crippen molar-refractivity contribution in [2.24, 2.45) is 11.8 Å². The first-order valence-corrected chi connectivity index (χ1v) is 27.5. The van der Waals surface area contributed by atoms with Crippen LogP contribution in [0.5, 0.6) is 0 Å². The molecule has 0 bridgehead atoms. The van der Waals surface area contributed by atoms with Crippen molar-refractivity contribution < 1.29 is 8.78 Å². The zero-order valence-electron chi connectivity index (χ0n) is 36.5. The second kappa shape index (κ2) is 17.7. The molecule has 1 aliphatic rings. The second-order valence-electron chi connectivity index (χ2n) is 17.5. The van der Waals surface area contributed by atoms with Gasteiger partial charge < -0.3 is 0 Å². The summed E-state index contributed by atoms with van der Waals surface area (Å²) in [7, 11) is 0. The van der Waals surface area contributed by atoms with E-state index in [0.29, 0.717) is 56.2 Å². The van der Waals surface area contributed by atoms with Crippen molar-refractivity contribution in [3.8, 4) is 51.8 Å². The largest absolute Gasteiger partial charge is 0.236 e. The average Bonchev–Trinajstić information content (AvgIpc) is 4.19. The van der Waals surface area contributed by atoms with Crippen LogP contribution in [-0.2, 0) is 5.41 Å². The number of hydrogen-bond donors (Lipinski definition) is 0. The number of halogens is 2. The van der Waals surface area contributed by atoms with Crippen LogP contribution in [-0.4, -0.2) is 27.5 Å². The molecule has 0 spiro atoms. The molecule has 0 amide bonds. The van der Waals surface area contributed by atoms with Gasteiger partial charge in [-0.05, 0) is 84.3 Å². The summed E-state index contributed by atoms with van der Waals surface area (Å²) in [5.41, 5.74) is 8.80. The number of aromatic nitrogens is 6. The molecule has 14 heteroatoms. The summed E-state index contributed by atoms with van der Waals surface area (Å²) < 4.78 is 55.4. The molecule has 1 aliphatic carbocycles. The van der Waals surface area contributed by atoms with Crippen LogP contribution in [0.3, 0.4) is 0 Å². The van der Waals surface area contributed by atoms with Crippen LogP contribution in [0.2, 0.25) is 0 Å². The van der Waals surface area contributed by atoms with Gasteiger partial charge in [0.05, 0.1) is 55.0 Å². The Bertz CT molecular complexity index is 3080. The molecule has 11 rings (SSSR count). The van der Waals surface area contributed by atoms with Gasteiger partial charge in [0.2, 0.25) is 0 Å². The fourth-order valence-corrected chi connectivity index (χ4v) is 16.1. The zero-order valence-corrected chi connectivity index (χ0v) is 41.4. The average molecular weight is 973 g/mol. The van der Waals surface area contributed by atoms with E-state index in [2.05, 4.69) is 39.8 Å². The Morgan fingerprint density at radius 3 is 1.38 bits per heavy atom. The topological polar surface area (TPSA) is 77.3 Å². The molecule has 2 unspecified atom stereocenters. The van der Waals surface area contributed by atoms with Gasteiger partial charge in [-0.2, -0.15) is 17.5 Å². The highest BCUT2D eigenvalue weighted by Crippen LogP contribution is 2.63. The summed E-state index contributed by atoms with van der Waals surface area (Å²) >= 11 is 8.62. The second-order valence-corrected chi connectivity index (χ2v) is 22.7. The summed E-state index contributed by atoms with van der Waals surface area (Å²) in [4.78, 5) is 13.8. The highest BCUT2D eigenvalue weighted by molar-refractivity contribution is 7.26. The Labute approximate surface area is 401 Å². The molecule has 0 N–H and O–H groups in total. The van der Waals surface area contributed by atoms with Crippen molar-refractivity contribution in [2.45, 2.75) is 97.3 Å². The monoisotopic (exact) mass is 972 g/mol. The number of fused-ring (bicyclic) bond motifs is 7. The molecule has 330 valence electrons. The highest BCUT2D eigenvalue weighted by atomic mass is 32.1. The van der Waals surface area contributed by atoms with E-state index in [9.17, 15) is 0 Å². The van der Waals surface area contributed by atoms with Gasteiger partial charge in [0.15, 0.2) is 0 Å². The lowest BCUT2D eigenvalue weighted by atomic mass is 9.65. The summed E-state index contributed by atoms with van der Waals surface area (Å²) in [6.07, 6.45) is 11.1. The van der Waals surface area contributed by atoms with Crippen molar-refractivity contribution in [3.63, 3.8) is 0 Å². The minimum Gasteiger partial charge on any atom is -0.236 e. The molecule has 4 aromatic carbocycles. The van der Waals surface area contributed by atoms with Gasteiger partial charge in [-0.3, -0.25) is 0 Å². The molecular weight excluding hydrogens is 927 g/mol. The van der Waals surface area contributed by atoms with Crippen LogP contribution >= 0.6 is 68.8 Å². The third-order valence-corrected chi connectivity index (χ3v) is 19.2. The Balaban J connectivity index is 1.10. The van der Waals surface area contributed by atoms with Crippen molar-refractivity contribution in [1.82, 2.24) is 27.5 Å². The number of hydrogen-bond acceptors (Lipinski definition) is 12. The lowest BCUT2D eigenvalue weighted by molar-refractivity contribution is 0.266. The van der Waals surface area contributed by atoms with Gasteiger partial charge in [-0.15, -0.1) is 45.3 Å². The van der Waals surface area contributed by atoms with E-state index in [1.165, 1.54) is 24.0 Å². The van der Waals surface area contributed by atoms with E-state index in [0.717, 1.165) is 125 Å². The third kappa shape index (κ3) is 7.38. The lowest BCUT2D eigenvalue weighted by Crippen LogP contribution is -2.31. The molecule has 0 radical (unpaired) electrons. The first kappa shape index (κ1) is 43.1. The SMILES string of the molecule is CCCCC(CC)CC1(CC(CC)CCCC)c2cc(-c3c(F)cc(-c4nc5ccccc5s4)c4nsnc34)sc2-c2sc(-c3c(F)cc(-c4nc5ccccc5s4)c4nsnc34)cc21. The molecule has 6 aromatic heterocycles. The summed E-state index contributed by atoms with van der Waals surface area (Å²) in [6, 6.07) is 23.8. The molecule has 65 heavy (non-hydrogen) atoms. The maximum Gasteiger partial charge on any atom is 0.134 e. The molecule has 6 nitrogen and oxygen atoms in total. The fraction of sp³-hybridized carbons (Fsp3) is 0.333. The summed E-state index contributed by atoms with van der Waals surface area (Å²) in [6.45, 7) is 9.22. The van der Waals surface area contributed by atoms with Gasteiger partial charge in [-0.25, -0.2) is 18.7 Å². The van der Waals surface area contributed by atoms with Crippen molar-refractivity contribution in [3.05, 3.63) is 95.6 Å². The fourth-order valence-electron chi connectivity index (χ4n) is 10.2. The summed E-state index contributed by atoms with van der Waals surface area (Å²) in [5, 5.41) is 1.47. The van der Waals surface area contributed by atoms with E-state index < -0.39 is 0 Å². The van der Waals surface area contributed by atoms with Gasteiger partial charge >= 0.3 is 0 Å². The van der Waals surface area contributed by atoms with E-state index in [1.54, 1.807) is 57.5 Å². The predicted octanol–water partition coefficient (Wildman–Crippen LogP) is 17.5. The predicted molar refractivity (Wildman–Crippen MR) is 274 cm³/mol. The number of unbranched alkanes of at least 4 members (excludes halogenated alkanes) is 2. The van der Waals surface area contributed by atoms with Crippen LogP contribution in [0, 0.1) is 23.5 Å². The number of rotatable bonds is 16. The van der Waals surface area contributed by atoms with Crippen LogP contribution in [0.4, 0.5) is 8.78 Å². The standard InChI is InChI=1S/C51H46F2N6S6/c1-5-9-15-27(7-3)25-51(26-28(8-4)16-10-6-2)31-23-39(41-33(52)21-29(43-45(41)58-64-56-43)49-54-35-17-11-13-19-37(35)62-49)60-47(31)48-32(51)24-40(61-48)42-34(53)22-30(44-46(42)59-65-57-44)50-55-36-18-12-14-20-38(36)63-50/h11-14,17-24,27-28H,5-10,15-16,25-26H2,1-4H3. The van der Waals surface area contributed by atoms with E-state index >= 15 is 8.78 Å². The minimum absolute atomic E-state index is 0.324. The van der Waals surface area contributed by atoms with Crippen LogP contribution in [0.1, 0.15) is 103 Å². The number of para-hydroxylation sites is 2. The number of thiophene rings is 2. The molecule has 0 aliphatic heterocycles. The highest BCUT2D eigenvalue weighted by Gasteiger charge is 2.48. The maximum absolute atomic E-state index is 17.1. The Morgan fingerprint density at radius 2 is 0.969 bits per heavy atom. The number of benzene rings is 4. The van der Waals surface area contributed by atoms with Gasteiger partial charge in [0.25, 0.3) is 0 Å². The Kier molecular flexibility index (Phi) is 11.7. The van der Waals surface area contributed by atoms with Crippen LogP contribution in [0.25, 0.3) is 94.3 Å². The van der Waals surface area contributed by atoms with E-state index in [-0.39, 0.29) is 17.0 Å². The maximum atomic E-state index is 17.1. The smallest absolute Gasteiger partial charge is 0.134 e. The van der Waals surface area contributed by atoms with E-state index in [4.69, 9.17) is 27.5 Å². The molecule has 0 saturated heterocycles. The quantitative estimate of drug-likeness (QED) is 0.0960. The summed E-state index contributed by atoms with van der Waals surface area (Å²) in [5.74, 6) is 0.328. The number of thiazole rings is 2. The third-order valence-electron chi connectivity index (χ3n) is 13.6. The van der Waals surface area contributed by atoms with Gasteiger partial charge in [0, 0.05) is 36.1 Å². The number of nitrogens with zero attached hydrogens (tertiary/aromatic N) is 6. The molecular formula is C51H46F2N6S6. The first-order valence-electron chi connectivity index (χ1n) is 22.7. The zero-order chi connectivity index (χ0) is 44.4. The van der Waals surface area contributed by atoms with Crippen LogP contribution in [0.15, 0.2) is 72.8 Å². The molecule has 2 atom stereocenters. The van der Waals surface area contributed by atoms with Crippen LogP contribution < -0.4 is 0 Å². The minimum atomic E-state index is -0.343. The molecule has 0 saturated carbocycles. The molecule has 10 aromatic rings. The molecule has 6 heterocycles. The Hall–Kier alpha value is -4.44. The van der Waals surface area contributed by atoms with Gasteiger partial charge in [0.1, 0.15) is 43.7 Å². The van der Waals surface area contributed by atoms with Gasteiger partial charge in [-0.1, -0.05) is 103 Å². The first-order chi connectivity index (χ1) is 31.8. The van der Waals surface area contributed by atoms with Crippen molar-refractivity contribution >= 4 is 111 Å². The van der Waals surface area contributed by atoms with Crippen molar-refractivity contribution in [2.75, 3.05) is 0 Å². The normalized spacial score (nSPS) is 14.3. The van der Waals surface area contributed by atoms with E-state index in [1.807, 2.05) is 48.5 Å². The molecule has 0 fully saturated rings. The van der Waals surface area contributed by atoms with Crippen molar-refractivity contribution in [1.29, 1.82) is 0 Å².